The Kier molecular flexibility index (Phi) is 2.10. The van der Waals surface area contributed by atoms with Crippen LogP contribution in [0, 0.1) is 0 Å². The highest BCUT2D eigenvalue weighted by atomic mass is 32.2. The van der Waals surface area contributed by atoms with Gasteiger partial charge in [0.25, 0.3) is 0 Å². The van der Waals surface area contributed by atoms with Gasteiger partial charge in [0, 0.05) is 17.9 Å². The Balaban J connectivity index is 1.85. The summed E-state index contributed by atoms with van der Waals surface area (Å²) >= 11 is 0. The van der Waals surface area contributed by atoms with Crippen molar-refractivity contribution in [3.8, 4) is 0 Å². The van der Waals surface area contributed by atoms with Crippen LogP contribution in [0.25, 0.3) is 0 Å². The van der Waals surface area contributed by atoms with Gasteiger partial charge in [-0.05, 0) is 43.0 Å². The molecule has 1 saturated carbocycles. The summed E-state index contributed by atoms with van der Waals surface area (Å²) in [6.45, 7) is 0.939. The predicted molar refractivity (Wildman–Crippen MR) is 64.2 cm³/mol. The van der Waals surface area contributed by atoms with E-state index in [9.17, 15) is 8.42 Å². The molecule has 0 amide bonds. The van der Waals surface area contributed by atoms with E-state index in [0.717, 1.165) is 31.5 Å². The predicted octanol–water partition coefficient (Wildman–Crippen LogP) is 1.56. The van der Waals surface area contributed by atoms with Crippen LogP contribution in [-0.2, 0) is 16.4 Å². The quantitative estimate of drug-likeness (QED) is 0.840. The average molecular weight is 238 g/mol. The fourth-order valence-corrected chi connectivity index (χ4v) is 3.37. The first-order valence-corrected chi connectivity index (χ1v) is 7.08. The average Bonchev–Trinajstić information content (AvgIpc) is 2.99. The van der Waals surface area contributed by atoms with E-state index in [1.165, 1.54) is 5.56 Å². The molecule has 2 N–H and O–H groups in total. The van der Waals surface area contributed by atoms with E-state index in [1.807, 2.05) is 18.2 Å². The summed E-state index contributed by atoms with van der Waals surface area (Å²) in [6, 6.07) is 5.68. The first-order chi connectivity index (χ1) is 7.65. The lowest BCUT2D eigenvalue weighted by molar-refractivity contribution is 0.600. The lowest BCUT2D eigenvalue weighted by atomic mass is 10.1. The van der Waals surface area contributed by atoms with Gasteiger partial charge >= 0.3 is 0 Å². The molecule has 0 spiro atoms. The lowest BCUT2D eigenvalue weighted by Crippen LogP contribution is -2.17. The molecule has 1 aliphatic heterocycles. The molecule has 0 saturated heterocycles. The van der Waals surface area contributed by atoms with Crippen molar-refractivity contribution >= 4 is 21.4 Å². The number of fused-ring (bicyclic) bond motifs is 1. The van der Waals surface area contributed by atoms with Crippen molar-refractivity contribution in [2.45, 2.75) is 24.5 Å². The highest BCUT2D eigenvalue weighted by molar-refractivity contribution is 7.93. The summed E-state index contributed by atoms with van der Waals surface area (Å²) in [4.78, 5) is 0. The molecule has 5 heteroatoms. The maximum atomic E-state index is 11.7. The van der Waals surface area contributed by atoms with Crippen molar-refractivity contribution < 1.29 is 8.42 Å². The van der Waals surface area contributed by atoms with Gasteiger partial charge in [-0.2, -0.15) is 0 Å². The number of hydrogen-bond donors (Lipinski definition) is 2. The molecule has 4 nitrogen and oxygen atoms in total. The minimum atomic E-state index is -3.13. The largest absolute Gasteiger partial charge is 0.384 e. The number of anilines is 2. The van der Waals surface area contributed by atoms with Gasteiger partial charge in [0.1, 0.15) is 0 Å². The van der Waals surface area contributed by atoms with E-state index in [0.29, 0.717) is 5.69 Å². The third kappa shape index (κ3) is 1.75. The normalized spacial score (nSPS) is 19.0. The molecule has 3 rings (SSSR count). The third-order valence-electron chi connectivity index (χ3n) is 3.04. The van der Waals surface area contributed by atoms with E-state index in [4.69, 9.17) is 0 Å². The van der Waals surface area contributed by atoms with Gasteiger partial charge in [-0.15, -0.1) is 0 Å². The maximum absolute atomic E-state index is 11.7. The minimum absolute atomic E-state index is 0.168. The zero-order valence-corrected chi connectivity index (χ0v) is 9.68. The van der Waals surface area contributed by atoms with Crippen molar-refractivity contribution in [1.82, 2.24) is 0 Å². The van der Waals surface area contributed by atoms with Crippen molar-refractivity contribution in [1.29, 1.82) is 0 Å². The minimum Gasteiger partial charge on any atom is -0.384 e. The number of benzene rings is 1. The van der Waals surface area contributed by atoms with E-state index in [1.54, 1.807) is 0 Å². The van der Waals surface area contributed by atoms with Crippen molar-refractivity contribution in [2.75, 3.05) is 16.6 Å². The molecular weight excluding hydrogens is 224 g/mol. The third-order valence-corrected chi connectivity index (χ3v) is 4.91. The van der Waals surface area contributed by atoms with Gasteiger partial charge in [0.15, 0.2) is 0 Å². The second-order valence-corrected chi connectivity index (χ2v) is 6.36. The van der Waals surface area contributed by atoms with Gasteiger partial charge in [0.2, 0.25) is 10.0 Å². The first-order valence-electron chi connectivity index (χ1n) is 5.53. The summed E-state index contributed by atoms with van der Waals surface area (Å²) in [5.74, 6) is 0. The van der Waals surface area contributed by atoms with Gasteiger partial charge in [-0.3, -0.25) is 4.72 Å². The van der Waals surface area contributed by atoms with Crippen LogP contribution in [0.4, 0.5) is 11.4 Å². The zero-order valence-electron chi connectivity index (χ0n) is 8.86. The van der Waals surface area contributed by atoms with Crippen LogP contribution in [-0.4, -0.2) is 20.2 Å². The van der Waals surface area contributed by atoms with Gasteiger partial charge in [0.05, 0.1) is 5.25 Å². The summed E-state index contributed by atoms with van der Waals surface area (Å²) in [5, 5.41) is 3.08. The number of rotatable bonds is 3. The smallest absolute Gasteiger partial charge is 0.235 e. The van der Waals surface area contributed by atoms with Crippen LogP contribution < -0.4 is 10.0 Å². The van der Waals surface area contributed by atoms with E-state index in [-0.39, 0.29) is 5.25 Å². The monoisotopic (exact) mass is 238 g/mol. The van der Waals surface area contributed by atoms with Crippen LogP contribution >= 0.6 is 0 Å². The van der Waals surface area contributed by atoms with Gasteiger partial charge < -0.3 is 5.32 Å². The topological polar surface area (TPSA) is 58.2 Å². The second-order valence-electron chi connectivity index (χ2n) is 4.40. The highest BCUT2D eigenvalue weighted by Crippen LogP contribution is 2.31. The maximum Gasteiger partial charge on any atom is 0.235 e. The summed E-state index contributed by atoms with van der Waals surface area (Å²) in [6.07, 6.45) is 2.55. The van der Waals surface area contributed by atoms with Gasteiger partial charge in [-0.25, -0.2) is 8.42 Å². The van der Waals surface area contributed by atoms with Crippen molar-refractivity contribution in [3.05, 3.63) is 23.8 Å². The first kappa shape index (κ1) is 9.96. The second kappa shape index (κ2) is 3.38. The Hall–Kier alpha value is -1.23. The Bertz CT molecular complexity index is 521. The fourth-order valence-electron chi connectivity index (χ4n) is 1.99. The molecular formula is C11H14N2O2S. The Morgan fingerprint density at radius 1 is 1.31 bits per heavy atom. The van der Waals surface area contributed by atoms with Crippen LogP contribution in [0.15, 0.2) is 18.2 Å². The molecule has 1 aromatic rings. The molecule has 0 bridgehead atoms. The van der Waals surface area contributed by atoms with Crippen LogP contribution in [0.1, 0.15) is 18.4 Å². The molecule has 16 heavy (non-hydrogen) atoms. The fraction of sp³-hybridized carbons (Fsp3) is 0.455. The highest BCUT2D eigenvalue weighted by Gasteiger charge is 2.35. The zero-order chi connectivity index (χ0) is 11.2. The Morgan fingerprint density at radius 3 is 2.88 bits per heavy atom. The molecule has 86 valence electrons. The molecule has 1 aromatic carbocycles. The number of nitrogens with one attached hydrogen (secondary N) is 2. The van der Waals surface area contributed by atoms with Crippen LogP contribution in [0.2, 0.25) is 0 Å². The van der Waals surface area contributed by atoms with E-state index >= 15 is 0 Å². The number of hydrogen-bond acceptors (Lipinski definition) is 3. The molecule has 2 aliphatic rings. The van der Waals surface area contributed by atoms with Gasteiger partial charge in [-0.1, -0.05) is 0 Å². The Morgan fingerprint density at radius 2 is 2.12 bits per heavy atom. The Labute approximate surface area is 95.1 Å². The summed E-state index contributed by atoms with van der Waals surface area (Å²) in [5.41, 5.74) is 3.00. The van der Waals surface area contributed by atoms with E-state index in [2.05, 4.69) is 10.0 Å². The van der Waals surface area contributed by atoms with Crippen LogP contribution in [0.3, 0.4) is 0 Å². The standard InChI is InChI=1S/C11H14N2O2S/c14-16(15,10-2-3-10)13-9-1-4-11-8(7-9)5-6-12-11/h1,4,7,10,12-13H,2-3,5-6H2. The molecule has 0 aromatic heterocycles. The molecule has 0 atom stereocenters. The molecule has 1 aliphatic carbocycles. The molecule has 0 radical (unpaired) electrons. The molecule has 1 fully saturated rings. The lowest BCUT2D eigenvalue weighted by Gasteiger charge is -2.08. The SMILES string of the molecule is O=S(=O)(Nc1ccc2c(c1)CCN2)C1CC1. The van der Waals surface area contributed by atoms with Crippen molar-refractivity contribution in [3.63, 3.8) is 0 Å². The number of sulfonamides is 1. The summed E-state index contributed by atoms with van der Waals surface area (Å²) < 4.78 is 26.1. The molecule has 1 heterocycles. The van der Waals surface area contributed by atoms with Crippen LogP contribution in [0.5, 0.6) is 0 Å². The molecule has 0 unspecified atom stereocenters. The van der Waals surface area contributed by atoms with E-state index < -0.39 is 10.0 Å². The summed E-state index contributed by atoms with van der Waals surface area (Å²) in [7, 11) is -3.13. The van der Waals surface area contributed by atoms with Crippen molar-refractivity contribution in [2.24, 2.45) is 0 Å².